The van der Waals surface area contributed by atoms with E-state index in [0.29, 0.717) is 11.7 Å². The molecule has 8 atom stereocenters. The maximum Gasteiger partial charge on any atom is 0.416 e. The van der Waals surface area contributed by atoms with Gasteiger partial charge in [0.1, 0.15) is 5.75 Å². The van der Waals surface area contributed by atoms with Gasteiger partial charge in [-0.1, -0.05) is 13.8 Å². The molecule has 2 bridgehead atoms. The van der Waals surface area contributed by atoms with Crippen molar-refractivity contribution in [2.24, 2.45) is 23.7 Å². The fraction of sp³-hybridized carbons (Fsp3) is 0.727. The van der Waals surface area contributed by atoms with Gasteiger partial charge in [-0.15, -0.1) is 0 Å². The van der Waals surface area contributed by atoms with E-state index in [4.69, 9.17) is 24.0 Å². The van der Waals surface area contributed by atoms with Gasteiger partial charge in [-0.25, -0.2) is 9.78 Å². The van der Waals surface area contributed by atoms with E-state index in [1.807, 2.05) is 13.8 Å². The number of hydrogen-bond donors (Lipinski definition) is 0. The number of benzene rings is 1. The van der Waals surface area contributed by atoms with Crippen LogP contribution in [-0.4, -0.2) is 24.0 Å². The molecule has 4 saturated heterocycles. The Morgan fingerprint density at radius 3 is 2.43 bits per heavy atom. The van der Waals surface area contributed by atoms with E-state index in [9.17, 15) is 13.2 Å². The van der Waals surface area contributed by atoms with Crippen LogP contribution < -0.4 is 4.74 Å². The van der Waals surface area contributed by atoms with E-state index in [1.165, 1.54) is 12.1 Å². The minimum Gasteiger partial charge on any atom is -0.465 e. The number of alkyl halides is 3. The van der Waals surface area contributed by atoms with Crippen molar-refractivity contribution in [1.29, 1.82) is 0 Å². The summed E-state index contributed by atoms with van der Waals surface area (Å²) >= 11 is 0. The molecular weight excluding hydrogens is 401 g/mol. The molecule has 5 fully saturated rings. The predicted octanol–water partition coefficient (Wildman–Crippen LogP) is 5.29. The van der Waals surface area contributed by atoms with Crippen molar-refractivity contribution in [3.8, 4) is 5.75 Å². The molecule has 0 radical (unpaired) electrons. The fourth-order valence-electron chi connectivity index (χ4n) is 5.86. The third kappa shape index (κ3) is 3.06. The first-order valence-electron chi connectivity index (χ1n) is 10.7. The van der Waals surface area contributed by atoms with E-state index < -0.39 is 35.7 Å². The van der Waals surface area contributed by atoms with Crippen molar-refractivity contribution < 1.29 is 37.2 Å². The minimum atomic E-state index is -4.38. The van der Waals surface area contributed by atoms with Gasteiger partial charge in [-0.3, -0.25) is 0 Å². The first kappa shape index (κ1) is 20.5. The average molecular weight is 428 g/mol. The van der Waals surface area contributed by atoms with Gasteiger partial charge in [0, 0.05) is 18.3 Å². The van der Waals surface area contributed by atoms with Crippen LogP contribution in [0, 0.1) is 23.7 Å². The highest BCUT2D eigenvalue weighted by molar-refractivity contribution is 5.29. The van der Waals surface area contributed by atoms with E-state index in [1.54, 1.807) is 0 Å². The zero-order valence-electron chi connectivity index (χ0n) is 17.3. The van der Waals surface area contributed by atoms with Crippen LogP contribution >= 0.6 is 0 Å². The molecule has 5 aliphatic rings. The predicted molar refractivity (Wildman–Crippen MR) is 98.9 cm³/mol. The van der Waals surface area contributed by atoms with Gasteiger partial charge >= 0.3 is 6.18 Å². The van der Waals surface area contributed by atoms with Crippen molar-refractivity contribution >= 4 is 0 Å². The molecular formula is C22H27F3O5. The highest BCUT2D eigenvalue weighted by Crippen LogP contribution is 2.60. The summed E-state index contributed by atoms with van der Waals surface area (Å²) in [4.78, 5) is 11.9. The summed E-state index contributed by atoms with van der Waals surface area (Å²) in [7, 11) is 0. The van der Waals surface area contributed by atoms with Gasteiger partial charge in [-0.05, 0) is 62.3 Å². The summed E-state index contributed by atoms with van der Waals surface area (Å²) in [5.74, 6) is 0.211. The molecule has 8 heteroatoms. The number of fused-ring (bicyclic) bond motifs is 2. The van der Waals surface area contributed by atoms with Gasteiger partial charge < -0.3 is 14.2 Å². The molecule has 0 amide bonds. The first-order valence-corrected chi connectivity index (χ1v) is 10.7. The van der Waals surface area contributed by atoms with Crippen LogP contribution in [0.2, 0.25) is 0 Å². The van der Waals surface area contributed by atoms with E-state index >= 15 is 0 Å². The Kier molecular flexibility index (Phi) is 4.67. The third-order valence-electron chi connectivity index (χ3n) is 7.53. The van der Waals surface area contributed by atoms with Crippen molar-refractivity contribution in [1.82, 2.24) is 0 Å². The minimum absolute atomic E-state index is 0.0480. The highest BCUT2D eigenvalue weighted by atomic mass is 19.4. The van der Waals surface area contributed by atoms with Crippen molar-refractivity contribution in [3.05, 3.63) is 29.8 Å². The van der Waals surface area contributed by atoms with E-state index in [0.717, 1.165) is 37.8 Å². The van der Waals surface area contributed by atoms with Crippen molar-refractivity contribution in [2.45, 2.75) is 76.6 Å². The molecule has 1 saturated carbocycles. The molecule has 1 spiro atoms. The summed E-state index contributed by atoms with van der Waals surface area (Å²) in [5, 5.41) is 0. The van der Waals surface area contributed by atoms with Crippen LogP contribution in [-0.2, 0) is 25.4 Å². The van der Waals surface area contributed by atoms with Crippen molar-refractivity contribution in [3.63, 3.8) is 0 Å². The first-order chi connectivity index (χ1) is 14.1. The fourth-order valence-corrected chi connectivity index (χ4v) is 5.86. The SMILES string of the molecule is C[C@H]1[C@H](Oc2ccc(C(F)(F)F)cc2)O[C@@H]2O[C@@]3(C)CC[C@H]4[C@H](C)CC[C@@H]1[C@@]24OO3. The maximum atomic E-state index is 12.8. The Labute approximate surface area is 173 Å². The molecule has 0 unspecified atom stereocenters. The monoisotopic (exact) mass is 428 g/mol. The lowest BCUT2D eigenvalue weighted by Crippen LogP contribution is -2.70. The van der Waals surface area contributed by atoms with Gasteiger partial charge in [0.15, 0.2) is 11.9 Å². The molecule has 30 heavy (non-hydrogen) atoms. The summed E-state index contributed by atoms with van der Waals surface area (Å²) < 4.78 is 57.1. The summed E-state index contributed by atoms with van der Waals surface area (Å²) in [6.07, 6.45) is -2.03. The van der Waals surface area contributed by atoms with Gasteiger partial charge in [0.05, 0.1) is 5.56 Å². The molecule has 6 rings (SSSR count). The molecule has 4 heterocycles. The van der Waals surface area contributed by atoms with Crippen LogP contribution in [0.1, 0.15) is 52.0 Å². The standard InChI is InChI=1S/C22H27F3O5/c1-12-4-9-17-13(2)18(26-15-7-5-14(6-8-15)22(23,24)25)27-19-21(17)16(12)10-11-20(3,28-19)29-30-21/h5-8,12-13,16-19H,4,9-11H2,1-3H3/t12-,13-,16+,17+,18-,19-,20-,21-/m1/s1. The Morgan fingerprint density at radius 2 is 1.73 bits per heavy atom. The largest absolute Gasteiger partial charge is 0.465 e. The van der Waals surface area contributed by atoms with Crippen LogP contribution in [0.3, 0.4) is 0 Å². The molecule has 1 aromatic carbocycles. The Bertz CT molecular complexity index is 799. The molecule has 5 nitrogen and oxygen atoms in total. The normalized spacial score (nSPS) is 45.5. The molecule has 4 aliphatic heterocycles. The molecule has 0 N–H and O–H groups in total. The number of hydrogen-bond acceptors (Lipinski definition) is 5. The topological polar surface area (TPSA) is 46.2 Å². The Balaban J connectivity index is 1.43. The van der Waals surface area contributed by atoms with Gasteiger partial charge in [-0.2, -0.15) is 13.2 Å². The lowest BCUT2D eigenvalue weighted by molar-refractivity contribution is -0.575. The van der Waals surface area contributed by atoms with Gasteiger partial charge in [0.2, 0.25) is 12.1 Å². The Morgan fingerprint density at radius 1 is 1.00 bits per heavy atom. The summed E-state index contributed by atoms with van der Waals surface area (Å²) in [6, 6.07) is 4.70. The molecule has 1 aliphatic carbocycles. The second-order valence-corrected chi connectivity index (χ2v) is 9.41. The molecule has 0 aromatic heterocycles. The zero-order valence-corrected chi connectivity index (χ0v) is 17.3. The van der Waals surface area contributed by atoms with Crippen molar-refractivity contribution in [2.75, 3.05) is 0 Å². The molecule has 166 valence electrons. The number of rotatable bonds is 2. The third-order valence-corrected chi connectivity index (χ3v) is 7.53. The lowest BCUT2D eigenvalue weighted by atomic mass is 9.58. The van der Waals surface area contributed by atoms with Crippen LogP contribution in [0.4, 0.5) is 13.2 Å². The van der Waals surface area contributed by atoms with Crippen LogP contribution in [0.15, 0.2) is 24.3 Å². The number of halogens is 3. The second kappa shape index (κ2) is 6.82. The average Bonchev–Trinajstić information content (AvgIpc) is 2.92. The number of ether oxygens (including phenoxy) is 3. The quantitative estimate of drug-likeness (QED) is 0.599. The smallest absolute Gasteiger partial charge is 0.416 e. The summed E-state index contributed by atoms with van der Waals surface area (Å²) in [6.45, 7) is 6.13. The van der Waals surface area contributed by atoms with Gasteiger partial charge in [0.25, 0.3) is 0 Å². The summed E-state index contributed by atoms with van der Waals surface area (Å²) in [5.41, 5.74) is -1.40. The zero-order chi connectivity index (χ0) is 21.3. The van der Waals surface area contributed by atoms with Crippen LogP contribution in [0.5, 0.6) is 5.75 Å². The highest BCUT2D eigenvalue weighted by Gasteiger charge is 2.69. The van der Waals surface area contributed by atoms with E-state index in [2.05, 4.69) is 6.92 Å². The molecule has 1 aromatic rings. The lowest BCUT2D eigenvalue weighted by Gasteiger charge is -2.60. The van der Waals surface area contributed by atoms with Crippen LogP contribution in [0.25, 0.3) is 0 Å². The van der Waals surface area contributed by atoms with E-state index in [-0.39, 0.29) is 17.8 Å². The maximum absolute atomic E-state index is 12.8. The Hall–Kier alpha value is -1.35. The second-order valence-electron chi connectivity index (χ2n) is 9.41.